The van der Waals surface area contributed by atoms with E-state index in [1.165, 1.54) is 22.0 Å². The number of nitrogens with zero attached hydrogens (tertiary/aromatic N) is 4. The van der Waals surface area contributed by atoms with Crippen molar-refractivity contribution in [3.63, 3.8) is 0 Å². The molecule has 7 amide bonds. The standard InChI is InChI=1S/C41H50IN5O9S.C38H46N4O8.C3H6INO2S.BH.U/c1-9-25-22-41(25,36(50)46-57(52,53)40(42)17-18-40)45-34(48)31-20-27(23-47(31)35(49)33(38(2,3)4)44-37(51)56-39(5,6)7)55-32-21-29(24-13-11-10-12-14-24)43-30-19-26(54-8)15-16-28(30)32;1-9-23-20-38(23,34(45)46)41-32(43)29-18-25(21-42(29)33(44)31(36(2,3)4)40-35(47)50-37(5,6)7)49-30-19-27(22-13-11-10-12-14-22)39-28-17-24(48-8)15-16-26(28)30;4-3(1-2-3)8(5,6)7;;/h9-16,19,21,25,27,31,33H,1,17-18,20,22-23H2,2-8H3,(H,44,51)(H,45,48)(H,46,50);9-17,19,23,25,29,31H,1,18,20-21H2,2-8H3,(H,40,47)(H,41,43)(H,45,46);1-2H2,(H2,5,6,7);1H;/t25-,27-,31+,33-,41-;23-,25-,29+,31-,38-;;;/m11.../s1/i;;;1D;. The molecule has 35 heteroatoms. The Morgan fingerprint density at radius 1 is 0.590 bits per heavy atom. The average molecular weight is 2100 g/mol. The molecule has 0 bridgehead atoms. The summed E-state index contributed by atoms with van der Waals surface area (Å²) in [6.07, 6.45) is 2.64. The zero-order valence-electron chi connectivity index (χ0n) is 69.0. The minimum absolute atomic E-state index is 0. The number of carbonyl (C=O) groups excluding carboxylic acids is 7. The molecule has 6 aliphatic rings. The fourth-order valence-electron chi connectivity index (χ4n) is 13.6. The van der Waals surface area contributed by atoms with E-state index in [9.17, 15) is 60.3 Å². The Labute approximate surface area is 737 Å². The minimum Gasteiger partial charge on any atom is -0.497 e. The third kappa shape index (κ3) is 22.4. The van der Waals surface area contributed by atoms with E-state index in [-0.39, 0.29) is 69.9 Å². The number of rotatable bonds is 23. The number of ether oxygens (including phenoxy) is 6. The van der Waals surface area contributed by atoms with Crippen molar-refractivity contribution in [3.05, 3.63) is 135 Å². The molecular weight excluding hydrogens is 2000 g/mol. The van der Waals surface area contributed by atoms with Crippen LogP contribution in [0.1, 0.15) is 134 Å². The number of likely N-dealkylation sites (tertiary alicyclic amines) is 2. The van der Waals surface area contributed by atoms with Gasteiger partial charge in [-0.05, 0) is 116 Å². The van der Waals surface area contributed by atoms with Crippen molar-refractivity contribution < 1.29 is 120 Å². The molecule has 6 aromatic rings. The van der Waals surface area contributed by atoms with Gasteiger partial charge in [0.2, 0.25) is 43.7 Å². The predicted octanol–water partition coefficient (Wildman–Crippen LogP) is 10.5. The van der Waals surface area contributed by atoms with Crippen molar-refractivity contribution in [2.24, 2.45) is 27.8 Å². The fourth-order valence-corrected chi connectivity index (χ4v) is 16.4. The van der Waals surface area contributed by atoms with Crippen molar-refractivity contribution in [1.82, 2.24) is 45.8 Å². The molecule has 117 heavy (non-hydrogen) atoms. The smallest absolute Gasteiger partial charge is 0.408 e. The van der Waals surface area contributed by atoms with E-state index in [4.69, 9.17) is 44.9 Å². The molecule has 10 atom stereocenters. The van der Waals surface area contributed by atoms with Gasteiger partial charge in [0, 0.05) is 110 Å². The molecule has 2 aromatic heterocycles. The van der Waals surface area contributed by atoms with Crippen LogP contribution in [0.15, 0.2) is 135 Å². The Balaban J connectivity index is 0.000000263. The van der Waals surface area contributed by atoms with Crippen LogP contribution in [0.5, 0.6) is 23.0 Å². The number of pyridine rings is 2. The van der Waals surface area contributed by atoms with Crippen LogP contribution in [0.3, 0.4) is 0 Å². The summed E-state index contributed by atoms with van der Waals surface area (Å²) in [4.78, 5) is 122. The number of hydrogen-bond donors (Lipinski definition) is 7. The molecule has 628 valence electrons. The first-order valence-electron chi connectivity index (χ1n) is 38.2. The molecule has 2 aliphatic heterocycles. The maximum atomic E-state index is 14.7. The van der Waals surface area contributed by atoms with Crippen molar-refractivity contribution in [2.45, 2.75) is 199 Å². The zero-order valence-corrected chi connectivity index (χ0v) is 78.1. The van der Waals surface area contributed by atoms with Crippen molar-refractivity contribution in [1.29, 1.82) is 1.34 Å². The van der Waals surface area contributed by atoms with Gasteiger partial charge in [0.1, 0.15) is 87.2 Å². The monoisotopic (exact) mass is 2100 g/mol. The minimum atomic E-state index is -4.03. The number of nitrogens with one attached hydrogen (secondary N) is 5. The summed E-state index contributed by atoms with van der Waals surface area (Å²) in [5, 5.41) is 27.2. The SMILES string of the molecule is C=C[C@@H]1C[C@]1(NC(=O)[C@@H]1C[C@@H](Oc2cc(-c3ccccc3)nc3cc(OC)ccc23)CN1C(=O)[C@@H](NC(=O)OC(C)(C)C)C(C)(C)C)C(=O)NS(=O)(=O)C1(I)CC1.C=C[C@@H]1C[C@]1(NC(=O)[C@@H]1C[C@@H](Oc2cc(-c3ccccc3)nc3cc(OC)ccc23)CN1C(=O)[C@@H](NC(=O)OC(C)(C)C)C(C)(C)C)C(=O)O.NS(=O)(=O)C1(I)CC1.[2H][B].[U]. The maximum Gasteiger partial charge on any atom is 0.408 e. The Morgan fingerprint density at radius 2 is 0.957 bits per heavy atom. The van der Waals surface area contributed by atoms with Crippen molar-refractivity contribution in [3.8, 4) is 45.5 Å². The number of aliphatic carboxylic acids is 1. The fraction of sp³-hybridized carbons (Fsp3) is 0.488. The largest absolute Gasteiger partial charge is 0.497 e. The number of hydrogen-bond acceptors (Lipinski definition) is 20. The number of nitrogens with two attached hydrogens (primary N) is 1. The number of carboxylic acids is 1. The first-order chi connectivity index (χ1) is 54.5. The summed E-state index contributed by atoms with van der Waals surface area (Å²) < 4.78 is 88.1. The maximum absolute atomic E-state index is 14.7. The number of amides is 7. The van der Waals surface area contributed by atoms with E-state index in [0.29, 0.717) is 81.9 Å². The topological polar surface area (TPSA) is 399 Å². The molecule has 2 radical (unpaired) electrons. The van der Waals surface area contributed by atoms with Gasteiger partial charge in [0.25, 0.3) is 5.91 Å². The number of benzene rings is 4. The third-order valence-electron chi connectivity index (χ3n) is 20.5. The number of alkyl carbamates (subject to hydrolysis) is 2. The molecular formula is C82H103BI2N10O19S2U. The number of primary sulfonamides is 1. The molecule has 4 aromatic carbocycles. The summed E-state index contributed by atoms with van der Waals surface area (Å²) in [5.74, 6) is -3.27. The van der Waals surface area contributed by atoms with Gasteiger partial charge in [-0.1, -0.05) is 160 Å². The zero-order chi connectivity index (χ0) is 86.7. The van der Waals surface area contributed by atoms with Crippen LogP contribution >= 0.6 is 45.2 Å². The molecule has 4 heterocycles. The van der Waals surface area contributed by atoms with Gasteiger partial charge in [0.05, 0.1) is 49.7 Å². The molecule has 4 aliphatic carbocycles. The second kappa shape index (κ2) is 36.2. The predicted molar refractivity (Wildman–Crippen MR) is 457 cm³/mol. The number of fused-ring (bicyclic) bond motifs is 2. The summed E-state index contributed by atoms with van der Waals surface area (Å²) in [6, 6.07) is 29.2. The van der Waals surface area contributed by atoms with E-state index in [1.807, 2.05) is 136 Å². The summed E-state index contributed by atoms with van der Waals surface area (Å²) >= 11 is 3.71. The quantitative estimate of drug-likeness (QED) is 0.0136. The van der Waals surface area contributed by atoms with Crippen LogP contribution in [0.4, 0.5) is 9.59 Å². The Morgan fingerprint density at radius 3 is 1.26 bits per heavy atom. The van der Waals surface area contributed by atoms with Crippen LogP contribution in [-0.2, 0) is 58.3 Å². The summed E-state index contributed by atoms with van der Waals surface area (Å²) in [6.45, 7) is 28.5. The van der Waals surface area contributed by atoms with Crippen LogP contribution in [0, 0.1) is 53.8 Å². The second-order valence-electron chi connectivity index (χ2n) is 33.9. The van der Waals surface area contributed by atoms with Gasteiger partial charge in [-0.3, -0.25) is 24.0 Å². The van der Waals surface area contributed by atoms with Gasteiger partial charge in [-0.25, -0.2) is 51.0 Å². The third-order valence-corrected chi connectivity index (χ3v) is 29.5. The first-order valence-corrected chi connectivity index (χ1v) is 42.8. The van der Waals surface area contributed by atoms with E-state index in [1.54, 1.807) is 116 Å². The first kappa shape index (κ1) is 93.0. The van der Waals surface area contributed by atoms with Crippen molar-refractivity contribution >= 4 is 143 Å². The Hall–Kier alpha value is -7.82. The molecule has 0 unspecified atom stereocenters. The van der Waals surface area contributed by atoms with E-state index in [0.717, 1.165) is 11.1 Å². The molecule has 2 saturated heterocycles. The van der Waals surface area contributed by atoms with Gasteiger partial charge < -0.3 is 64.6 Å². The Kier molecular flexibility index (Phi) is 28.8. The van der Waals surface area contributed by atoms with Crippen LogP contribution in [0.25, 0.3) is 44.3 Å². The number of methoxy groups -OCH3 is 2. The molecule has 4 saturated carbocycles. The van der Waals surface area contributed by atoms with Gasteiger partial charge >= 0.3 is 18.2 Å². The normalized spacial score (nSPS) is 22.6. The van der Waals surface area contributed by atoms with Crippen LogP contribution in [-0.4, -0.2) is 191 Å². The number of halogens is 2. The molecule has 12 rings (SSSR count). The second-order valence-corrected chi connectivity index (χ2v) is 43.4. The van der Waals surface area contributed by atoms with Gasteiger partial charge in [-0.2, -0.15) is 0 Å². The number of aromatic nitrogens is 2. The van der Waals surface area contributed by atoms with Crippen molar-refractivity contribution in [2.75, 3.05) is 27.3 Å². The Bertz CT molecular complexity index is 5030. The number of alkyl halides is 2. The van der Waals surface area contributed by atoms with E-state index in [2.05, 4.69) is 47.5 Å². The summed E-state index contributed by atoms with van der Waals surface area (Å²) in [5.41, 5.74) is -2.14. The van der Waals surface area contributed by atoms with E-state index >= 15 is 0 Å². The number of carbonyl (C=O) groups is 8. The molecule has 0 spiro atoms. The molecule has 8 N–H and O–H groups in total. The molecule has 29 nitrogen and oxygen atoms in total. The number of sulfonamides is 2. The summed E-state index contributed by atoms with van der Waals surface area (Å²) in [7, 11) is -0.382. The van der Waals surface area contributed by atoms with Gasteiger partial charge in [-0.15, -0.1) is 13.2 Å². The van der Waals surface area contributed by atoms with E-state index < -0.39 is 155 Å². The van der Waals surface area contributed by atoms with Crippen LogP contribution < -0.4 is 50.1 Å². The van der Waals surface area contributed by atoms with Crippen LogP contribution in [0.2, 0.25) is 0 Å². The van der Waals surface area contributed by atoms with Gasteiger partial charge in [0.15, 0.2) is 0 Å². The average Bonchev–Trinajstić information content (AvgIpc) is 1.52. The molecule has 6 fully saturated rings. The number of carboxylic acid groups (broad SMARTS) is 1.